The highest BCUT2D eigenvalue weighted by atomic mass is 32.2. The minimum atomic E-state index is -2.50. The molecule has 160 valence electrons. The van der Waals surface area contributed by atoms with Crippen molar-refractivity contribution in [2.24, 2.45) is 0 Å². The van der Waals surface area contributed by atoms with Crippen LogP contribution in [0.15, 0.2) is 41.4 Å². The Balaban J connectivity index is 1.70. The summed E-state index contributed by atoms with van der Waals surface area (Å²) in [7, 11) is 0. The Morgan fingerprint density at radius 3 is 2.90 bits per heavy atom. The highest BCUT2D eigenvalue weighted by Gasteiger charge is 2.20. The Hall–Kier alpha value is -2.13. The Bertz CT molecular complexity index is 729. The lowest BCUT2D eigenvalue weighted by atomic mass is 9.99. The van der Waals surface area contributed by atoms with Crippen molar-refractivity contribution in [3.8, 4) is 5.75 Å². The number of imide groups is 1. The molecule has 0 aromatic heterocycles. The van der Waals surface area contributed by atoms with E-state index in [0.717, 1.165) is 24.2 Å². The molecule has 2 rings (SSSR count). The minimum Gasteiger partial charge on any atom is -0.488 e. The van der Waals surface area contributed by atoms with Gasteiger partial charge in [-0.2, -0.15) is 0 Å². The first-order chi connectivity index (χ1) is 13.7. The molecule has 1 fully saturated rings. The van der Waals surface area contributed by atoms with E-state index in [1.165, 1.54) is 16.8 Å². The summed E-state index contributed by atoms with van der Waals surface area (Å²) in [6.45, 7) is 3.97. The van der Waals surface area contributed by atoms with Crippen molar-refractivity contribution in [2.75, 3.05) is 13.2 Å². The van der Waals surface area contributed by atoms with Crippen molar-refractivity contribution < 1.29 is 23.1 Å². The van der Waals surface area contributed by atoms with Crippen LogP contribution < -0.4 is 14.8 Å². The Kier molecular flexibility index (Phi) is 8.91. The first-order valence-electron chi connectivity index (χ1n) is 9.47. The highest BCUT2D eigenvalue weighted by molar-refractivity contribution is 7.97. The van der Waals surface area contributed by atoms with Crippen molar-refractivity contribution in [1.29, 1.82) is 0 Å². The highest BCUT2D eigenvalue weighted by Crippen LogP contribution is 2.25. The minimum absolute atomic E-state index is 0.146. The summed E-state index contributed by atoms with van der Waals surface area (Å²) in [6.07, 6.45) is 4.11. The third-order valence-electron chi connectivity index (χ3n) is 4.17. The zero-order chi connectivity index (χ0) is 21.3. The average Bonchev–Trinajstić information content (AvgIpc) is 2.66. The topological polar surface area (TPSA) is 70.7 Å². The van der Waals surface area contributed by atoms with Gasteiger partial charge in [0.05, 0.1) is 0 Å². The number of benzene rings is 1. The van der Waals surface area contributed by atoms with Gasteiger partial charge in [-0.05, 0) is 63.3 Å². The molecule has 1 saturated heterocycles. The lowest BCUT2D eigenvalue weighted by Gasteiger charge is -2.25. The predicted octanol–water partition coefficient (Wildman–Crippen LogP) is 4.33. The molecule has 0 aliphatic carbocycles. The van der Waals surface area contributed by atoms with Gasteiger partial charge in [-0.25, -0.2) is 13.6 Å². The van der Waals surface area contributed by atoms with Gasteiger partial charge in [0.1, 0.15) is 12.4 Å². The summed E-state index contributed by atoms with van der Waals surface area (Å²) >= 11 is 1.43. The molecule has 1 heterocycles. The number of amides is 3. The lowest BCUT2D eigenvalue weighted by molar-refractivity contribution is -0.121. The molecule has 0 saturated carbocycles. The molecule has 0 radical (unpaired) electrons. The first-order valence-corrected chi connectivity index (χ1v) is 10.3. The molecule has 1 aromatic rings. The van der Waals surface area contributed by atoms with Crippen LogP contribution in [0.5, 0.6) is 5.75 Å². The van der Waals surface area contributed by atoms with Crippen LogP contribution in [0.25, 0.3) is 0 Å². The van der Waals surface area contributed by atoms with Gasteiger partial charge in [-0.1, -0.05) is 12.1 Å². The maximum absolute atomic E-state index is 12.3. The van der Waals surface area contributed by atoms with E-state index in [9.17, 15) is 18.4 Å². The van der Waals surface area contributed by atoms with Gasteiger partial charge >= 0.3 is 6.03 Å². The number of allylic oxidation sites excluding steroid dienone is 1. The van der Waals surface area contributed by atoms with E-state index in [1.54, 1.807) is 24.4 Å². The Morgan fingerprint density at radius 1 is 1.38 bits per heavy atom. The second-order valence-corrected chi connectivity index (χ2v) is 8.22. The molecule has 0 atom stereocenters. The van der Waals surface area contributed by atoms with Crippen LogP contribution in [-0.2, 0) is 4.79 Å². The maximum Gasteiger partial charge on any atom is 0.328 e. The molecule has 9 heteroatoms. The van der Waals surface area contributed by atoms with E-state index >= 15 is 0 Å². The predicted molar refractivity (Wildman–Crippen MR) is 109 cm³/mol. The fourth-order valence-corrected chi connectivity index (χ4v) is 3.44. The summed E-state index contributed by atoms with van der Waals surface area (Å²) in [5.41, 5.74) is -0.146. The largest absolute Gasteiger partial charge is 0.488 e. The smallest absolute Gasteiger partial charge is 0.328 e. The molecule has 29 heavy (non-hydrogen) atoms. The summed E-state index contributed by atoms with van der Waals surface area (Å²) in [5, 5.41) is 2.28. The van der Waals surface area contributed by atoms with Crippen LogP contribution in [0.1, 0.15) is 39.5 Å². The number of nitrogens with zero attached hydrogens (tertiary/aromatic N) is 1. The molecule has 1 aliphatic rings. The fraction of sp³-hybridized carbons (Fsp3) is 0.500. The number of urea groups is 1. The Labute approximate surface area is 174 Å². The molecule has 3 amide bonds. The number of alkyl halides is 2. The summed E-state index contributed by atoms with van der Waals surface area (Å²) < 4.78 is 33.0. The van der Waals surface area contributed by atoms with Gasteiger partial charge in [0, 0.05) is 29.6 Å². The number of rotatable bonds is 11. The van der Waals surface area contributed by atoms with E-state index in [2.05, 4.69) is 23.9 Å². The van der Waals surface area contributed by atoms with Gasteiger partial charge in [-0.15, -0.1) is 0 Å². The SMILES string of the molecule is CC(C)(CCC/C=C/N1CCC(=O)NC1=O)NSc1cccc(OCC(F)F)c1. The zero-order valence-electron chi connectivity index (χ0n) is 16.6. The van der Waals surface area contributed by atoms with Crippen LogP contribution in [-0.4, -0.2) is 42.0 Å². The molecule has 1 aliphatic heterocycles. The van der Waals surface area contributed by atoms with Gasteiger partial charge < -0.3 is 9.64 Å². The third kappa shape index (κ3) is 8.82. The Morgan fingerprint density at radius 2 is 2.17 bits per heavy atom. The van der Waals surface area contributed by atoms with Crippen LogP contribution in [0.4, 0.5) is 13.6 Å². The maximum atomic E-state index is 12.3. The molecule has 1 aromatic carbocycles. The number of hydrogen-bond donors (Lipinski definition) is 2. The van der Waals surface area contributed by atoms with Gasteiger partial charge in [0.25, 0.3) is 6.43 Å². The van der Waals surface area contributed by atoms with Crippen molar-refractivity contribution in [1.82, 2.24) is 14.9 Å². The zero-order valence-corrected chi connectivity index (χ0v) is 17.4. The number of nitrogens with one attached hydrogen (secondary N) is 2. The number of unbranched alkanes of at least 4 members (excludes halogenated alkanes) is 1. The van der Waals surface area contributed by atoms with Gasteiger partial charge in [-0.3, -0.25) is 14.8 Å². The molecule has 2 N–H and O–H groups in total. The second-order valence-electron chi connectivity index (χ2n) is 7.34. The first kappa shape index (κ1) is 23.2. The van der Waals surface area contributed by atoms with Crippen molar-refractivity contribution >= 4 is 23.9 Å². The molecule has 6 nitrogen and oxygen atoms in total. The summed E-state index contributed by atoms with van der Waals surface area (Å²) in [6, 6.07) is 6.67. The molecular formula is C20H27F2N3O3S. The fourth-order valence-electron chi connectivity index (χ4n) is 2.62. The van der Waals surface area contributed by atoms with Crippen LogP contribution in [0, 0.1) is 0 Å². The number of carbonyl (C=O) groups is 2. The lowest BCUT2D eigenvalue weighted by Crippen LogP contribution is -2.46. The number of carbonyl (C=O) groups excluding carboxylic acids is 2. The summed E-state index contributed by atoms with van der Waals surface area (Å²) in [4.78, 5) is 25.1. The van der Waals surface area contributed by atoms with E-state index in [0.29, 0.717) is 18.7 Å². The van der Waals surface area contributed by atoms with Gasteiger partial charge in [0.15, 0.2) is 0 Å². The van der Waals surface area contributed by atoms with Crippen LogP contribution >= 0.6 is 11.9 Å². The molecule has 0 bridgehead atoms. The molecular weight excluding hydrogens is 400 g/mol. The quantitative estimate of drug-likeness (QED) is 0.406. The third-order valence-corrected chi connectivity index (χ3v) is 5.32. The van der Waals surface area contributed by atoms with Crippen LogP contribution in [0.2, 0.25) is 0 Å². The number of halogens is 2. The average molecular weight is 428 g/mol. The van der Waals surface area contributed by atoms with E-state index in [-0.39, 0.29) is 17.5 Å². The van der Waals surface area contributed by atoms with Crippen LogP contribution in [0.3, 0.4) is 0 Å². The van der Waals surface area contributed by atoms with Gasteiger partial charge in [0.2, 0.25) is 5.91 Å². The summed E-state index contributed by atoms with van der Waals surface area (Å²) in [5.74, 6) is 0.180. The number of ether oxygens (including phenoxy) is 1. The molecule has 0 spiro atoms. The standard InChI is InChI=1S/C20H27F2N3O3S/c1-20(2,10-4-3-5-11-25-12-9-18(26)23-19(25)27)24-29-16-8-6-7-15(13-16)28-14-17(21)22/h5-8,11,13,17,24H,3-4,9-10,12,14H2,1-2H3,(H,23,26,27)/b11-5+. The normalized spacial score (nSPS) is 15.3. The van der Waals surface area contributed by atoms with E-state index < -0.39 is 13.0 Å². The number of hydrogen-bond acceptors (Lipinski definition) is 5. The second kappa shape index (κ2) is 11.2. The van der Waals surface area contributed by atoms with Crippen molar-refractivity contribution in [2.45, 2.75) is 56.4 Å². The van der Waals surface area contributed by atoms with Crippen molar-refractivity contribution in [3.05, 3.63) is 36.5 Å². The molecule has 0 unspecified atom stereocenters. The van der Waals surface area contributed by atoms with Crippen molar-refractivity contribution in [3.63, 3.8) is 0 Å². The van der Waals surface area contributed by atoms with E-state index in [4.69, 9.17) is 4.74 Å². The van der Waals surface area contributed by atoms with E-state index in [1.807, 2.05) is 12.1 Å². The monoisotopic (exact) mass is 427 g/mol.